The second-order valence-electron chi connectivity index (χ2n) is 5.91. The number of aliphatic hydroxyl groups excluding tert-OH is 1. The van der Waals surface area contributed by atoms with Crippen molar-refractivity contribution >= 4 is 5.78 Å². The standard InChI is InChI=1S/C13H24O2/c1-9-7-11(15)8-13(3,4)12(9)6-5-10(2)14/h9,11-12,15H,5-8H2,1-4H3. The van der Waals surface area contributed by atoms with Gasteiger partial charge in [0.1, 0.15) is 5.78 Å². The van der Waals surface area contributed by atoms with Gasteiger partial charge in [0, 0.05) is 6.42 Å². The van der Waals surface area contributed by atoms with Crippen LogP contribution in [-0.4, -0.2) is 17.0 Å². The van der Waals surface area contributed by atoms with Crippen molar-refractivity contribution in [3.05, 3.63) is 0 Å². The highest BCUT2D eigenvalue weighted by Gasteiger charge is 2.39. The lowest BCUT2D eigenvalue weighted by Crippen LogP contribution is -2.40. The van der Waals surface area contributed by atoms with Crippen LogP contribution >= 0.6 is 0 Å². The van der Waals surface area contributed by atoms with Crippen molar-refractivity contribution in [1.82, 2.24) is 0 Å². The maximum Gasteiger partial charge on any atom is 0.129 e. The topological polar surface area (TPSA) is 37.3 Å². The van der Waals surface area contributed by atoms with Crippen LogP contribution in [0, 0.1) is 17.3 Å². The van der Waals surface area contributed by atoms with E-state index in [4.69, 9.17) is 0 Å². The summed E-state index contributed by atoms with van der Waals surface area (Å²) in [6.45, 7) is 8.30. The van der Waals surface area contributed by atoms with Crippen LogP contribution in [-0.2, 0) is 4.79 Å². The summed E-state index contributed by atoms with van der Waals surface area (Å²) < 4.78 is 0. The molecule has 0 radical (unpaired) electrons. The zero-order valence-electron chi connectivity index (χ0n) is 10.4. The number of aliphatic hydroxyl groups is 1. The third-order valence-corrected chi connectivity index (χ3v) is 3.90. The first-order valence-corrected chi connectivity index (χ1v) is 6.00. The van der Waals surface area contributed by atoms with Crippen molar-refractivity contribution in [2.45, 2.75) is 59.5 Å². The molecule has 1 aliphatic rings. The van der Waals surface area contributed by atoms with Crippen molar-refractivity contribution in [3.8, 4) is 0 Å². The van der Waals surface area contributed by atoms with Gasteiger partial charge < -0.3 is 9.90 Å². The van der Waals surface area contributed by atoms with Gasteiger partial charge in [-0.3, -0.25) is 0 Å². The molecule has 0 aromatic rings. The van der Waals surface area contributed by atoms with Crippen LogP contribution in [0.5, 0.6) is 0 Å². The van der Waals surface area contributed by atoms with E-state index >= 15 is 0 Å². The lowest BCUT2D eigenvalue weighted by Gasteiger charge is -2.45. The van der Waals surface area contributed by atoms with Gasteiger partial charge in [-0.25, -0.2) is 0 Å². The van der Waals surface area contributed by atoms with Crippen LogP contribution in [0.2, 0.25) is 0 Å². The molecule has 3 unspecified atom stereocenters. The number of carbonyl (C=O) groups is 1. The van der Waals surface area contributed by atoms with E-state index < -0.39 is 0 Å². The van der Waals surface area contributed by atoms with E-state index in [1.54, 1.807) is 6.92 Å². The maximum absolute atomic E-state index is 11.0. The first-order valence-electron chi connectivity index (χ1n) is 6.00. The summed E-state index contributed by atoms with van der Waals surface area (Å²) in [5.41, 5.74) is 0.173. The molecule has 15 heavy (non-hydrogen) atoms. The first kappa shape index (κ1) is 12.7. The normalized spacial score (nSPS) is 35.1. The molecule has 0 saturated heterocycles. The van der Waals surface area contributed by atoms with Crippen LogP contribution < -0.4 is 0 Å². The van der Waals surface area contributed by atoms with E-state index in [9.17, 15) is 9.90 Å². The van der Waals surface area contributed by atoms with Gasteiger partial charge in [0.25, 0.3) is 0 Å². The predicted molar refractivity (Wildman–Crippen MR) is 61.6 cm³/mol. The molecule has 0 amide bonds. The molecule has 2 nitrogen and oxygen atoms in total. The predicted octanol–water partition coefficient (Wildman–Crippen LogP) is 2.79. The van der Waals surface area contributed by atoms with Crippen molar-refractivity contribution in [2.75, 3.05) is 0 Å². The fraction of sp³-hybridized carbons (Fsp3) is 0.923. The van der Waals surface area contributed by atoms with Gasteiger partial charge in [0.05, 0.1) is 6.10 Å². The zero-order chi connectivity index (χ0) is 11.6. The summed E-state index contributed by atoms with van der Waals surface area (Å²) in [4.78, 5) is 11.0. The molecule has 0 aliphatic heterocycles. The lowest BCUT2D eigenvalue weighted by atomic mass is 9.62. The number of hydrogen-bond acceptors (Lipinski definition) is 2. The fourth-order valence-electron chi connectivity index (χ4n) is 3.24. The minimum absolute atomic E-state index is 0.149. The summed E-state index contributed by atoms with van der Waals surface area (Å²) in [5, 5.41) is 9.74. The van der Waals surface area contributed by atoms with Gasteiger partial charge in [-0.15, -0.1) is 0 Å². The highest BCUT2D eigenvalue weighted by atomic mass is 16.3. The van der Waals surface area contributed by atoms with E-state index in [0.717, 1.165) is 19.3 Å². The van der Waals surface area contributed by atoms with E-state index in [-0.39, 0.29) is 17.3 Å². The molecule has 0 spiro atoms. The van der Waals surface area contributed by atoms with Gasteiger partial charge in [-0.1, -0.05) is 20.8 Å². The fourth-order valence-corrected chi connectivity index (χ4v) is 3.24. The summed E-state index contributed by atoms with van der Waals surface area (Å²) >= 11 is 0. The molecule has 1 fully saturated rings. The van der Waals surface area contributed by atoms with Crippen molar-refractivity contribution < 1.29 is 9.90 Å². The van der Waals surface area contributed by atoms with Crippen molar-refractivity contribution in [1.29, 1.82) is 0 Å². The van der Waals surface area contributed by atoms with Crippen molar-refractivity contribution in [3.63, 3.8) is 0 Å². The Morgan fingerprint density at radius 2 is 2.07 bits per heavy atom. The number of ketones is 1. The van der Waals surface area contributed by atoms with Crippen LogP contribution in [0.15, 0.2) is 0 Å². The Kier molecular flexibility index (Phi) is 3.93. The molecule has 3 atom stereocenters. The molecule has 0 heterocycles. The van der Waals surface area contributed by atoms with Crippen LogP contribution in [0.3, 0.4) is 0 Å². The summed E-state index contributed by atoms with van der Waals surface area (Å²) in [7, 11) is 0. The number of carbonyl (C=O) groups excluding carboxylic acids is 1. The van der Waals surface area contributed by atoms with Gasteiger partial charge >= 0.3 is 0 Å². The lowest BCUT2D eigenvalue weighted by molar-refractivity contribution is -0.117. The Morgan fingerprint density at radius 3 is 2.53 bits per heavy atom. The maximum atomic E-state index is 11.0. The second-order valence-corrected chi connectivity index (χ2v) is 5.91. The molecule has 0 aromatic heterocycles. The average molecular weight is 212 g/mol. The van der Waals surface area contributed by atoms with Gasteiger partial charge in [-0.2, -0.15) is 0 Å². The molecular formula is C13H24O2. The number of rotatable bonds is 3. The minimum Gasteiger partial charge on any atom is -0.393 e. The van der Waals surface area contributed by atoms with Gasteiger partial charge in [-0.05, 0) is 43.4 Å². The highest BCUT2D eigenvalue weighted by Crippen LogP contribution is 2.46. The zero-order valence-corrected chi connectivity index (χ0v) is 10.4. The Hall–Kier alpha value is -0.370. The summed E-state index contributed by atoms with van der Waals surface area (Å²) in [6.07, 6.45) is 3.29. The van der Waals surface area contributed by atoms with Crippen LogP contribution in [0.25, 0.3) is 0 Å². The smallest absolute Gasteiger partial charge is 0.129 e. The molecule has 1 N–H and O–H groups in total. The molecule has 1 aliphatic carbocycles. The SMILES string of the molecule is CC(=O)CCC1C(C)CC(O)CC1(C)C. The van der Waals surface area contributed by atoms with E-state index in [2.05, 4.69) is 20.8 Å². The minimum atomic E-state index is -0.149. The first-order chi connectivity index (χ1) is 6.83. The molecule has 0 aromatic carbocycles. The molecule has 0 bridgehead atoms. The van der Waals surface area contributed by atoms with E-state index in [1.807, 2.05) is 0 Å². The van der Waals surface area contributed by atoms with Crippen LogP contribution in [0.1, 0.15) is 53.4 Å². The number of hydrogen-bond donors (Lipinski definition) is 1. The van der Waals surface area contributed by atoms with Crippen LogP contribution in [0.4, 0.5) is 0 Å². The quantitative estimate of drug-likeness (QED) is 0.781. The van der Waals surface area contributed by atoms with Gasteiger partial charge in [0.15, 0.2) is 0 Å². The average Bonchev–Trinajstić information content (AvgIpc) is 1.98. The largest absolute Gasteiger partial charge is 0.393 e. The Morgan fingerprint density at radius 1 is 1.47 bits per heavy atom. The molecule has 88 valence electrons. The Labute approximate surface area is 93.1 Å². The molecule has 1 saturated carbocycles. The molecule has 2 heteroatoms. The monoisotopic (exact) mass is 212 g/mol. The van der Waals surface area contributed by atoms with Crippen molar-refractivity contribution in [2.24, 2.45) is 17.3 Å². The molecular weight excluding hydrogens is 188 g/mol. The summed E-state index contributed by atoms with van der Waals surface area (Å²) in [6, 6.07) is 0. The third-order valence-electron chi connectivity index (χ3n) is 3.90. The van der Waals surface area contributed by atoms with Gasteiger partial charge in [0.2, 0.25) is 0 Å². The number of Topliss-reactive ketones (excluding diaryl/α,β-unsaturated/α-hetero) is 1. The Bertz CT molecular complexity index is 233. The van der Waals surface area contributed by atoms with E-state index in [0.29, 0.717) is 18.3 Å². The Balaban J connectivity index is 2.63. The summed E-state index contributed by atoms with van der Waals surface area (Å²) in [5.74, 6) is 1.39. The highest BCUT2D eigenvalue weighted by molar-refractivity contribution is 5.75. The third kappa shape index (κ3) is 3.30. The molecule has 1 rings (SSSR count). The second kappa shape index (κ2) is 4.65. The van der Waals surface area contributed by atoms with E-state index in [1.165, 1.54) is 0 Å².